The van der Waals surface area contributed by atoms with Gasteiger partial charge in [-0.2, -0.15) is 5.26 Å². The molecule has 1 saturated heterocycles. The summed E-state index contributed by atoms with van der Waals surface area (Å²) in [5, 5.41) is 15.7. The Labute approximate surface area is 149 Å². The second kappa shape index (κ2) is 6.80. The van der Waals surface area contributed by atoms with Gasteiger partial charge in [-0.1, -0.05) is 0 Å². The van der Waals surface area contributed by atoms with E-state index in [9.17, 15) is 10.1 Å². The largest absolute Gasteiger partial charge is 0.434 e. The van der Waals surface area contributed by atoms with Crippen molar-refractivity contribution in [3.8, 4) is 17.3 Å². The van der Waals surface area contributed by atoms with E-state index in [-0.39, 0.29) is 5.92 Å². The Morgan fingerprint density at radius 2 is 1.96 bits per heavy atom. The number of nitrogens with one attached hydrogen (secondary N) is 1. The lowest BCUT2D eigenvalue weighted by molar-refractivity contribution is 0.379. The zero-order valence-corrected chi connectivity index (χ0v) is 13.9. The van der Waals surface area contributed by atoms with Gasteiger partial charge < -0.3 is 9.32 Å². The molecule has 0 amide bonds. The molecule has 4 rings (SSSR count). The van der Waals surface area contributed by atoms with Gasteiger partial charge in [-0.25, -0.2) is 14.9 Å². The predicted molar refractivity (Wildman–Crippen MR) is 93.5 cm³/mol. The number of rotatable bonds is 3. The number of anilines is 1. The average Bonchev–Trinajstić information content (AvgIpc) is 3.14. The molecule has 1 fully saturated rings. The Kier molecular flexibility index (Phi) is 4.19. The van der Waals surface area contributed by atoms with Gasteiger partial charge in [0.2, 0.25) is 5.89 Å². The smallest absolute Gasteiger partial charge is 0.392 e. The third kappa shape index (κ3) is 3.07. The van der Waals surface area contributed by atoms with Crippen molar-refractivity contribution in [2.24, 2.45) is 0 Å². The molecule has 0 saturated carbocycles. The van der Waals surface area contributed by atoms with Gasteiger partial charge in [0.05, 0.1) is 11.3 Å². The molecule has 1 aliphatic heterocycles. The highest BCUT2D eigenvalue weighted by molar-refractivity contribution is 5.65. The van der Waals surface area contributed by atoms with Gasteiger partial charge in [0.25, 0.3) is 0 Å². The molecule has 0 spiro atoms. The quantitative estimate of drug-likeness (QED) is 0.771. The first-order chi connectivity index (χ1) is 12.7. The predicted octanol–water partition coefficient (Wildman–Crippen LogP) is 2.08. The number of aromatic amines is 1. The van der Waals surface area contributed by atoms with Gasteiger partial charge >= 0.3 is 5.76 Å². The topological polar surface area (TPSA) is 112 Å². The highest BCUT2D eigenvalue weighted by atomic mass is 16.4. The zero-order chi connectivity index (χ0) is 17.9. The van der Waals surface area contributed by atoms with Gasteiger partial charge in [0.15, 0.2) is 0 Å². The van der Waals surface area contributed by atoms with Crippen LogP contribution in [0.25, 0.3) is 11.3 Å². The van der Waals surface area contributed by atoms with E-state index < -0.39 is 5.76 Å². The van der Waals surface area contributed by atoms with Crippen LogP contribution in [0.4, 0.5) is 5.82 Å². The van der Waals surface area contributed by atoms with E-state index in [2.05, 4.69) is 26.2 Å². The Bertz CT molecular complexity index is 996. The molecule has 0 aliphatic carbocycles. The van der Waals surface area contributed by atoms with E-state index in [4.69, 9.17) is 9.40 Å². The minimum atomic E-state index is -0.527. The minimum absolute atomic E-state index is 0.0964. The molecule has 3 aromatic rings. The molecule has 1 aliphatic rings. The fraction of sp³-hybridized carbons (Fsp3) is 0.278. The average molecular weight is 348 g/mol. The first-order valence-corrected chi connectivity index (χ1v) is 8.36. The molecule has 4 heterocycles. The fourth-order valence-corrected chi connectivity index (χ4v) is 3.21. The van der Waals surface area contributed by atoms with Gasteiger partial charge in [0.1, 0.15) is 11.9 Å². The lowest BCUT2D eigenvalue weighted by Crippen LogP contribution is -2.34. The standard InChI is InChI=1S/C18H16N6O2/c19-11-14-1-2-15(12-3-7-20-8-4-12)21-16(14)24-9-5-13(6-10-24)17-22-23-18(25)26-17/h1-4,7-8,13H,5-6,9-10H2,(H,23,25). The summed E-state index contributed by atoms with van der Waals surface area (Å²) in [6.07, 6.45) is 5.00. The fourth-order valence-electron chi connectivity index (χ4n) is 3.21. The van der Waals surface area contributed by atoms with Crippen molar-refractivity contribution >= 4 is 5.82 Å². The minimum Gasteiger partial charge on any atom is -0.392 e. The Morgan fingerprint density at radius 3 is 2.62 bits per heavy atom. The van der Waals surface area contributed by atoms with Crippen molar-refractivity contribution in [3.63, 3.8) is 0 Å². The lowest BCUT2D eigenvalue weighted by atomic mass is 9.96. The van der Waals surface area contributed by atoms with E-state index >= 15 is 0 Å². The molecule has 0 radical (unpaired) electrons. The number of nitriles is 1. The first-order valence-electron chi connectivity index (χ1n) is 8.36. The van der Waals surface area contributed by atoms with E-state index in [1.807, 2.05) is 18.2 Å². The number of nitrogens with zero attached hydrogens (tertiary/aromatic N) is 5. The van der Waals surface area contributed by atoms with Crippen molar-refractivity contribution in [2.75, 3.05) is 18.0 Å². The summed E-state index contributed by atoms with van der Waals surface area (Å²) in [6, 6.07) is 9.66. The monoisotopic (exact) mass is 348 g/mol. The summed E-state index contributed by atoms with van der Waals surface area (Å²) in [5.74, 6) is 0.706. The van der Waals surface area contributed by atoms with Crippen LogP contribution in [0.3, 0.4) is 0 Å². The molecule has 26 heavy (non-hydrogen) atoms. The lowest BCUT2D eigenvalue weighted by Gasteiger charge is -2.32. The first kappa shape index (κ1) is 16.0. The Morgan fingerprint density at radius 1 is 1.19 bits per heavy atom. The normalized spacial score (nSPS) is 15.0. The maximum Gasteiger partial charge on any atom is 0.434 e. The van der Waals surface area contributed by atoms with Crippen LogP contribution in [0, 0.1) is 11.3 Å². The second-order valence-electron chi connectivity index (χ2n) is 6.13. The second-order valence-corrected chi connectivity index (χ2v) is 6.13. The summed E-state index contributed by atoms with van der Waals surface area (Å²) >= 11 is 0. The molecule has 8 nitrogen and oxygen atoms in total. The van der Waals surface area contributed by atoms with Crippen LogP contribution >= 0.6 is 0 Å². The molecule has 0 atom stereocenters. The number of aromatic nitrogens is 4. The molecule has 3 aromatic heterocycles. The van der Waals surface area contributed by atoms with Gasteiger partial charge in [-0.3, -0.25) is 4.98 Å². The van der Waals surface area contributed by atoms with Crippen LogP contribution < -0.4 is 10.7 Å². The van der Waals surface area contributed by atoms with E-state index in [1.165, 1.54) is 0 Å². The van der Waals surface area contributed by atoms with Crippen LogP contribution in [-0.4, -0.2) is 33.3 Å². The molecule has 1 N–H and O–H groups in total. The third-order valence-electron chi connectivity index (χ3n) is 4.57. The van der Waals surface area contributed by atoms with Crippen molar-refractivity contribution < 1.29 is 4.42 Å². The summed E-state index contributed by atoms with van der Waals surface area (Å²) in [6.45, 7) is 1.42. The molecular formula is C18H16N6O2. The molecule has 130 valence electrons. The van der Waals surface area contributed by atoms with Crippen molar-refractivity contribution in [3.05, 3.63) is 58.7 Å². The molecular weight excluding hydrogens is 332 g/mol. The summed E-state index contributed by atoms with van der Waals surface area (Å²) < 4.78 is 5.07. The molecule has 0 aromatic carbocycles. The van der Waals surface area contributed by atoms with Crippen LogP contribution in [0.2, 0.25) is 0 Å². The number of hydrogen-bond donors (Lipinski definition) is 1. The highest BCUT2D eigenvalue weighted by Crippen LogP contribution is 2.30. The third-order valence-corrected chi connectivity index (χ3v) is 4.57. The highest BCUT2D eigenvalue weighted by Gasteiger charge is 2.26. The van der Waals surface area contributed by atoms with Crippen LogP contribution in [0.15, 0.2) is 45.9 Å². The number of piperidine rings is 1. The number of hydrogen-bond acceptors (Lipinski definition) is 7. The summed E-state index contributed by atoms with van der Waals surface area (Å²) in [5.41, 5.74) is 2.31. The Hall–Kier alpha value is -3.47. The molecule has 8 heteroatoms. The van der Waals surface area contributed by atoms with E-state index in [0.29, 0.717) is 30.4 Å². The van der Waals surface area contributed by atoms with Gasteiger partial charge in [-0.15, -0.1) is 5.10 Å². The van der Waals surface area contributed by atoms with Crippen LogP contribution in [-0.2, 0) is 0 Å². The van der Waals surface area contributed by atoms with Gasteiger partial charge in [-0.05, 0) is 37.1 Å². The SMILES string of the molecule is N#Cc1ccc(-c2ccncc2)nc1N1CCC(c2n[nH]c(=O)o2)CC1. The van der Waals surface area contributed by atoms with Crippen LogP contribution in [0.1, 0.15) is 30.2 Å². The number of pyridine rings is 2. The Balaban J connectivity index is 1.58. The zero-order valence-electron chi connectivity index (χ0n) is 13.9. The van der Waals surface area contributed by atoms with Crippen LogP contribution in [0.5, 0.6) is 0 Å². The maximum atomic E-state index is 11.1. The molecule has 0 bridgehead atoms. The van der Waals surface area contributed by atoms with E-state index in [1.54, 1.807) is 18.5 Å². The van der Waals surface area contributed by atoms with Gasteiger partial charge in [0, 0.05) is 37.0 Å². The summed E-state index contributed by atoms with van der Waals surface area (Å²) in [4.78, 5) is 22.0. The maximum absolute atomic E-state index is 11.1. The summed E-state index contributed by atoms with van der Waals surface area (Å²) in [7, 11) is 0. The molecule has 0 unspecified atom stereocenters. The van der Waals surface area contributed by atoms with Crippen molar-refractivity contribution in [1.82, 2.24) is 20.2 Å². The number of H-pyrrole nitrogens is 1. The van der Waals surface area contributed by atoms with Crippen molar-refractivity contribution in [1.29, 1.82) is 5.26 Å². The van der Waals surface area contributed by atoms with E-state index in [0.717, 1.165) is 24.1 Å². The van der Waals surface area contributed by atoms with Crippen molar-refractivity contribution in [2.45, 2.75) is 18.8 Å².